The molecule has 1 aliphatic heterocycles. The summed E-state index contributed by atoms with van der Waals surface area (Å²) >= 11 is 1.72. The highest BCUT2D eigenvalue weighted by molar-refractivity contribution is 7.10. The fraction of sp³-hybridized carbons (Fsp3) is 0.667. The van der Waals surface area contributed by atoms with Crippen LogP contribution in [0, 0.1) is 0 Å². The first-order chi connectivity index (χ1) is 9.34. The maximum atomic E-state index is 12.4. The maximum Gasteiger partial charge on any atom is 0.252 e. The van der Waals surface area contributed by atoms with Gasteiger partial charge in [0.15, 0.2) is 0 Å². The number of carbonyl (C=O) groups excluding carboxylic acids is 1. The van der Waals surface area contributed by atoms with Gasteiger partial charge < -0.3 is 10.6 Å². The third-order valence-electron chi connectivity index (χ3n) is 4.25. The van der Waals surface area contributed by atoms with E-state index in [0.717, 1.165) is 37.9 Å². The molecule has 3 rings (SSSR count). The van der Waals surface area contributed by atoms with Crippen LogP contribution in [-0.4, -0.2) is 18.5 Å². The molecule has 0 atom stereocenters. The van der Waals surface area contributed by atoms with E-state index < -0.39 is 0 Å². The van der Waals surface area contributed by atoms with Gasteiger partial charge in [0.2, 0.25) is 0 Å². The largest absolute Gasteiger partial charge is 0.349 e. The summed E-state index contributed by atoms with van der Waals surface area (Å²) in [6.45, 7) is 1.92. The molecule has 4 heteroatoms. The molecule has 0 bridgehead atoms. The van der Waals surface area contributed by atoms with Crippen molar-refractivity contribution in [2.75, 3.05) is 6.54 Å². The van der Waals surface area contributed by atoms with Crippen molar-refractivity contribution in [3.05, 3.63) is 21.4 Å². The van der Waals surface area contributed by atoms with Crippen LogP contribution in [0.15, 0.2) is 5.38 Å². The molecule has 1 aromatic rings. The number of hydrogen-bond donors (Lipinski definition) is 2. The van der Waals surface area contributed by atoms with Gasteiger partial charge in [0.1, 0.15) is 0 Å². The van der Waals surface area contributed by atoms with Gasteiger partial charge in [0.05, 0.1) is 5.56 Å². The Morgan fingerprint density at radius 1 is 1.26 bits per heavy atom. The summed E-state index contributed by atoms with van der Waals surface area (Å²) in [5.41, 5.74) is 2.22. The summed E-state index contributed by atoms with van der Waals surface area (Å²) in [5.74, 6) is 0.159. The lowest BCUT2D eigenvalue weighted by molar-refractivity contribution is 0.0932. The zero-order chi connectivity index (χ0) is 13.1. The molecule has 19 heavy (non-hydrogen) atoms. The van der Waals surface area contributed by atoms with E-state index in [4.69, 9.17) is 0 Å². The minimum atomic E-state index is 0.159. The van der Waals surface area contributed by atoms with E-state index in [9.17, 15) is 4.79 Å². The summed E-state index contributed by atoms with van der Waals surface area (Å²) in [7, 11) is 0. The second kappa shape index (κ2) is 6.06. The number of amides is 1. The van der Waals surface area contributed by atoms with Gasteiger partial charge in [-0.05, 0) is 31.4 Å². The smallest absolute Gasteiger partial charge is 0.252 e. The molecule has 104 valence electrons. The molecule has 1 amide bonds. The quantitative estimate of drug-likeness (QED) is 0.817. The molecule has 0 saturated heterocycles. The van der Waals surface area contributed by atoms with E-state index in [0.29, 0.717) is 6.04 Å². The molecular formula is C15H22N2OS. The van der Waals surface area contributed by atoms with Crippen molar-refractivity contribution >= 4 is 17.2 Å². The van der Waals surface area contributed by atoms with E-state index in [2.05, 4.69) is 10.6 Å². The zero-order valence-electron chi connectivity index (χ0n) is 11.3. The highest BCUT2D eigenvalue weighted by atomic mass is 32.1. The van der Waals surface area contributed by atoms with Crippen LogP contribution in [0.25, 0.3) is 0 Å². The summed E-state index contributed by atoms with van der Waals surface area (Å²) in [4.78, 5) is 13.8. The van der Waals surface area contributed by atoms with Crippen molar-refractivity contribution in [3.8, 4) is 0 Å². The summed E-state index contributed by atoms with van der Waals surface area (Å²) in [6.07, 6.45) is 8.47. The fourth-order valence-electron chi connectivity index (χ4n) is 3.14. The van der Waals surface area contributed by atoms with E-state index in [1.165, 1.54) is 36.1 Å². The van der Waals surface area contributed by atoms with Crippen LogP contribution in [-0.2, 0) is 13.0 Å². The first-order valence-corrected chi connectivity index (χ1v) is 8.33. The molecule has 2 heterocycles. The lowest BCUT2D eigenvalue weighted by Gasteiger charge is -2.18. The first-order valence-electron chi connectivity index (χ1n) is 7.45. The van der Waals surface area contributed by atoms with Crippen LogP contribution >= 0.6 is 11.3 Å². The summed E-state index contributed by atoms with van der Waals surface area (Å²) < 4.78 is 0. The third-order valence-corrected chi connectivity index (χ3v) is 5.28. The van der Waals surface area contributed by atoms with Crippen molar-refractivity contribution in [1.29, 1.82) is 0 Å². The second-order valence-electron chi connectivity index (χ2n) is 5.64. The Balaban J connectivity index is 1.68. The molecule has 1 aliphatic carbocycles. The number of thiophene rings is 1. The molecule has 2 N–H and O–H groups in total. The lowest BCUT2D eigenvalue weighted by atomic mass is 10.0. The molecule has 0 aromatic carbocycles. The number of fused-ring (bicyclic) bond motifs is 1. The van der Waals surface area contributed by atoms with Crippen LogP contribution < -0.4 is 10.6 Å². The van der Waals surface area contributed by atoms with E-state index >= 15 is 0 Å². The van der Waals surface area contributed by atoms with Gasteiger partial charge >= 0.3 is 0 Å². The van der Waals surface area contributed by atoms with E-state index in [-0.39, 0.29) is 5.91 Å². The molecule has 1 saturated carbocycles. The van der Waals surface area contributed by atoms with E-state index in [1.807, 2.05) is 5.38 Å². The Hall–Kier alpha value is -0.870. The zero-order valence-corrected chi connectivity index (χ0v) is 12.2. The highest BCUT2D eigenvalue weighted by Crippen LogP contribution is 2.26. The molecule has 0 unspecified atom stereocenters. The van der Waals surface area contributed by atoms with Gasteiger partial charge in [0.25, 0.3) is 5.91 Å². The normalized spacial score (nSPS) is 20.6. The lowest BCUT2D eigenvalue weighted by Crippen LogP contribution is -2.35. The fourth-order valence-corrected chi connectivity index (χ4v) is 4.19. The Morgan fingerprint density at radius 2 is 2.05 bits per heavy atom. The Labute approximate surface area is 118 Å². The summed E-state index contributed by atoms with van der Waals surface area (Å²) in [6, 6.07) is 0.396. The molecule has 2 aliphatic rings. The number of carbonyl (C=O) groups is 1. The number of nitrogens with one attached hydrogen (secondary N) is 2. The van der Waals surface area contributed by atoms with Gasteiger partial charge in [-0.2, -0.15) is 0 Å². The predicted molar refractivity (Wildman–Crippen MR) is 78.7 cm³/mol. The maximum absolute atomic E-state index is 12.4. The van der Waals surface area contributed by atoms with Gasteiger partial charge in [0, 0.05) is 22.8 Å². The van der Waals surface area contributed by atoms with Gasteiger partial charge in [-0.1, -0.05) is 25.7 Å². The van der Waals surface area contributed by atoms with Crippen LogP contribution in [0.2, 0.25) is 0 Å². The van der Waals surface area contributed by atoms with Gasteiger partial charge in [-0.25, -0.2) is 0 Å². The van der Waals surface area contributed by atoms with Crippen LogP contribution in [0.5, 0.6) is 0 Å². The SMILES string of the molecule is O=C(NC1CCCCCC1)c1csc2c1CCNC2. The Kier molecular flexibility index (Phi) is 4.18. The minimum absolute atomic E-state index is 0.159. The minimum Gasteiger partial charge on any atom is -0.349 e. The molecule has 0 radical (unpaired) electrons. The second-order valence-corrected chi connectivity index (χ2v) is 6.60. The third kappa shape index (κ3) is 3.00. The molecule has 1 fully saturated rings. The topological polar surface area (TPSA) is 41.1 Å². The van der Waals surface area contributed by atoms with Crippen molar-refractivity contribution < 1.29 is 4.79 Å². The average molecular weight is 278 g/mol. The Morgan fingerprint density at radius 3 is 2.84 bits per heavy atom. The predicted octanol–water partition coefficient (Wildman–Crippen LogP) is 2.85. The molecule has 0 spiro atoms. The van der Waals surface area contributed by atoms with Crippen LogP contribution in [0.1, 0.15) is 59.3 Å². The average Bonchev–Trinajstić information content (AvgIpc) is 2.70. The number of rotatable bonds is 2. The Bertz CT molecular complexity index is 447. The monoisotopic (exact) mass is 278 g/mol. The van der Waals surface area contributed by atoms with Crippen LogP contribution in [0.3, 0.4) is 0 Å². The van der Waals surface area contributed by atoms with Crippen molar-refractivity contribution in [3.63, 3.8) is 0 Å². The van der Waals surface area contributed by atoms with Crippen LogP contribution in [0.4, 0.5) is 0 Å². The van der Waals surface area contributed by atoms with Crippen molar-refractivity contribution in [2.24, 2.45) is 0 Å². The van der Waals surface area contributed by atoms with Gasteiger partial charge in [-0.15, -0.1) is 11.3 Å². The summed E-state index contributed by atoms with van der Waals surface area (Å²) in [5, 5.41) is 8.67. The standard InChI is InChI=1S/C15H22N2OS/c18-15(17-11-5-3-1-2-4-6-11)13-10-19-14-9-16-8-7-12(13)14/h10-11,16H,1-9H2,(H,17,18). The van der Waals surface area contributed by atoms with Gasteiger partial charge in [-0.3, -0.25) is 4.79 Å². The molecule has 3 nitrogen and oxygen atoms in total. The van der Waals surface area contributed by atoms with Crippen molar-refractivity contribution in [2.45, 2.75) is 57.5 Å². The van der Waals surface area contributed by atoms with Crippen molar-refractivity contribution in [1.82, 2.24) is 10.6 Å². The molecule has 1 aromatic heterocycles. The number of hydrogen-bond acceptors (Lipinski definition) is 3. The van der Waals surface area contributed by atoms with E-state index in [1.54, 1.807) is 11.3 Å². The first kappa shape index (κ1) is 13.1. The highest BCUT2D eigenvalue weighted by Gasteiger charge is 2.22. The molecular weight excluding hydrogens is 256 g/mol.